The van der Waals surface area contributed by atoms with Crippen LogP contribution in [0.5, 0.6) is 23.0 Å². The molecule has 0 radical (unpaired) electrons. The van der Waals surface area contributed by atoms with E-state index in [4.69, 9.17) is 0 Å². The van der Waals surface area contributed by atoms with Crippen LogP contribution in [0.1, 0.15) is 105 Å². The summed E-state index contributed by atoms with van der Waals surface area (Å²) in [7, 11) is 0. The number of phenolic OH excluding ortho intramolecular Hbond substituents is 4. The fourth-order valence-electron chi connectivity index (χ4n) is 3.58. The summed E-state index contributed by atoms with van der Waals surface area (Å²) in [6.07, 6.45) is 0. The van der Waals surface area contributed by atoms with Crippen molar-refractivity contribution in [2.75, 3.05) is 0 Å². The van der Waals surface area contributed by atoms with Crippen LogP contribution >= 0.6 is 0 Å². The van der Waals surface area contributed by atoms with E-state index >= 15 is 0 Å². The van der Waals surface area contributed by atoms with E-state index in [0.29, 0.717) is 0 Å². The summed E-state index contributed by atoms with van der Waals surface area (Å²) in [4.78, 5) is 0. The summed E-state index contributed by atoms with van der Waals surface area (Å²) in [5.41, 5.74) is 2.43. The Morgan fingerprint density at radius 1 is 0.364 bits per heavy atom. The largest absolute Gasteiger partial charge is 0.504 e. The molecule has 2 rings (SSSR count). The molecular weight excluding hydrogens is 448 g/mol. The first kappa shape index (κ1) is 31.4. The van der Waals surface area contributed by atoms with E-state index in [1.807, 2.05) is 107 Å². The van der Waals surface area contributed by atoms with Crippen LogP contribution in [-0.2, 0) is 43.4 Å². The van der Waals surface area contributed by atoms with Gasteiger partial charge >= 0.3 is 0 Å². The number of phenols is 4. The van der Waals surface area contributed by atoms with E-state index in [1.54, 1.807) is 0 Å². The fourth-order valence-corrected chi connectivity index (χ4v) is 3.58. The van der Waals surface area contributed by atoms with Crippen molar-refractivity contribution >= 4 is 0 Å². The van der Waals surface area contributed by atoms with Crippen LogP contribution in [0.4, 0.5) is 0 Å². The van der Waals surface area contributed by atoms with Crippen molar-refractivity contribution in [2.45, 2.75) is 105 Å². The molecule has 0 heterocycles. The first-order chi connectivity index (χ1) is 14.1. The Labute approximate surface area is 216 Å². The predicted octanol–water partition coefficient (Wildman–Crippen LogP) is 7.38. The van der Waals surface area contributed by atoms with Gasteiger partial charge in [0.2, 0.25) is 0 Å². The van der Waals surface area contributed by atoms with Crippen molar-refractivity contribution in [3.8, 4) is 23.0 Å². The smallest absolute Gasteiger partial charge is 0.161 e. The van der Waals surface area contributed by atoms with Gasteiger partial charge in [0.15, 0.2) is 23.0 Å². The van der Waals surface area contributed by atoms with Crippen molar-refractivity contribution in [3.63, 3.8) is 0 Å². The fraction of sp³-hybridized carbons (Fsp3) is 0.571. The second kappa shape index (κ2) is 10.3. The molecule has 0 atom stereocenters. The Hall–Kier alpha value is -1.65. The number of rotatable bonds is 0. The van der Waals surface area contributed by atoms with Gasteiger partial charge in [0.25, 0.3) is 0 Å². The van der Waals surface area contributed by atoms with Crippen LogP contribution < -0.4 is 0 Å². The Morgan fingerprint density at radius 2 is 0.485 bits per heavy atom. The quantitative estimate of drug-likeness (QED) is 0.228. The molecule has 0 aliphatic carbocycles. The second-order valence-corrected chi connectivity index (χ2v) is 12.7. The standard InChI is InChI=1S/2C14H22O2.Ti/c2*1-13(2,3)9-7-8-10(14(4,5)6)12(16)11(9)15;/h2*7-8,15-16H,1-6H3;. The number of aromatic hydroxyl groups is 4. The third kappa shape index (κ3) is 7.68. The van der Waals surface area contributed by atoms with Crippen molar-refractivity contribution in [1.29, 1.82) is 0 Å². The molecule has 33 heavy (non-hydrogen) atoms. The first-order valence-corrected chi connectivity index (χ1v) is 11.2. The zero-order chi connectivity index (χ0) is 25.4. The van der Waals surface area contributed by atoms with Gasteiger partial charge in [-0.1, -0.05) is 107 Å². The van der Waals surface area contributed by atoms with Crippen LogP contribution in [0.15, 0.2) is 24.3 Å². The van der Waals surface area contributed by atoms with E-state index < -0.39 is 0 Å². The van der Waals surface area contributed by atoms with Gasteiger partial charge in [0.05, 0.1) is 0 Å². The van der Waals surface area contributed by atoms with E-state index in [9.17, 15) is 20.4 Å². The van der Waals surface area contributed by atoms with Gasteiger partial charge < -0.3 is 20.4 Å². The maximum absolute atomic E-state index is 10.0. The molecule has 0 aliphatic rings. The average molecular weight is 493 g/mol. The first-order valence-electron chi connectivity index (χ1n) is 11.2. The third-order valence-electron chi connectivity index (χ3n) is 5.53. The summed E-state index contributed by atoms with van der Waals surface area (Å²) in [5.74, 6) is 0.0553. The van der Waals surface area contributed by atoms with Crippen molar-refractivity contribution < 1.29 is 42.1 Å². The topological polar surface area (TPSA) is 80.9 Å². The minimum absolute atomic E-state index is 0. The normalized spacial score (nSPS) is 12.5. The van der Waals surface area contributed by atoms with E-state index in [1.165, 1.54) is 0 Å². The molecule has 2 aromatic carbocycles. The Morgan fingerprint density at radius 3 is 0.576 bits per heavy atom. The van der Waals surface area contributed by atoms with E-state index in [0.717, 1.165) is 22.3 Å². The molecule has 0 unspecified atom stereocenters. The number of hydrogen-bond donors (Lipinski definition) is 4. The summed E-state index contributed by atoms with van der Waals surface area (Å²) >= 11 is 0. The van der Waals surface area contributed by atoms with E-state index in [2.05, 4.69) is 0 Å². The molecule has 0 amide bonds. The van der Waals surface area contributed by atoms with Crippen molar-refractivity contribution in [3.05, 3.63) is 46.5 Å². The van der Waals surface area contributed by atoms with Gasteiger partial charge in [-0.05, 0) is 21.7 Å². The zero-order valence-corrected chi connectivity index (χ0v) is 24.2. The second-order valence-electron chi connectivity index (χ2n) is 12.7. The SMILES string of the molecule is CC(C)(C)c1ccc(C(C)(C)C)c(O)c1O.CC(C)(C)c1ccc(C(C)(C)C)c(O)c1O.[Ti]. The third-order valence-corrected chi connectivity index (χ3v) is 5.53. The van der Waals surface area contributed by atoms with Crippen LogP contribution in [0, 0.1) is 0 Å². The Balaban J connectivity index is 0.000000602. The minimum atomic E-state index is -0.169. The molecule has 184 valence electrons. The molecule has 0 aliphatic heterocycles. The zero-order valence-electron chi connectivity index (χ0n) is 22.6. The predicted molar refractivity (Wildman–Crippen MR) is 134 cm³/mol. The molecule has 5 heteroatoms. The molecular formula is C28H44O4Ti. The van der Waals surface area contributed by atoms with E-state index in [-0.39, 0.29) is 66.4 Å². The van der Waals surface area contributed by atoms with Crippen LogP contribution in [-0.4, -0.2) is 20.4 Å². The maximum Gasteiger partial charge on any atom is 0.161 e. The van der Waals surface area contributed by atoms with Gasteiger partial charge in [-0.2, -0.15) is 0 Å². The summed E-state index contributed by atoms with van der Waals surface area (Å²) in [5, 5.41) is 40.1. The van der Waals surface area contributed by atoms with Gasteiger partial charge in [-0.15, -0.1) is 0 Å². The molecule has 0 saturated carbocycles. The minimum Gasteiger partial charge on any atom is -0.504 e. The monoisotopic (exact) mass is 492 g/mol. The van der Waals surface area contributed by atoms with Gasteiger partial charge in [-0.3, -0.25) is 0 Å². The molecule has 0 fully saturated rings. The van der Waals surface area contributed by atoms with Gasteiger partial charge in [0, 0.05) is 44.0 Å². The summed E-state index contributed by atoms with van der Waals surface area (Å²) < 4.78 is 0. The van der Waals surface area contributed by atoms with Crippen LogP contribution in [0.25, 0.3) is 0 Å². The number of hydrogen-bond acceptors (Lipinski definition) is 4. The molecule has 4 nitrogen and oxygen atoms in total. The molecule has 0 saturated heterocycles. The molecule has 0 aromatic heterocycles. The van der Waals surface area contributed by atoms with Crippen molar-refractivity contribution in [2.24, 2.45) is 0 Å². The van der Waals surface area contributed by atoms with Gasteiger partial charge in [-0.25, -0.2) is 0 Å². The maximum atomic E-state index is 10.0. The Bertz CT molecular complexity index is 793. The van der Waals surface area contributed by atoms with Crippen LogP contribution in [0.2, 0.25) is 0 Å². The summed E-state index contributed by atoms with van der Waals surface area (Å²) in [6.45, 7) is 24.1. The summed E-state index contributed by atoms with van der Waals surface area (Å²) in [6, 6.07) is 7.59. The molecule has 2 aromatic rings. The van der Waals surface area contributed by atoms with Gasteiger partial charge in [0.1, 0.15) is 0 Å². The molecule has 0 spiro atoms. The van der Waals surface area contributed by atoms with Crippen LogP contribution in [0.3, 0.4) is 0 Å². The molecule has 4 N–H and O–H groups in total. The average Bonchev–Trinajstić information content (AvgIpc) is 2.55. The van der Waals surface area contributed by atoms with Crippen molar-refractivity contribution in [1.82, 2.24) is 0 Å². The number of benzene rings is 2. The Kier molecular flexibility index (Phi) is 9.80. The molecule has 0 bridgehead atoms.